The molecule has 0 fully saturated rings. The van der Waals surface area contributed by atoms with Gasteiger partial charge < -0.3 is 5.32 Å². The second-order valence-electron chi connectivity index (χ2n) is 4.92. The van der Waals surface area contributed by atoms with Crippen LogP contribution in [0.2, 0.25) is 0 Å². The predicted octanol–water partition coefficient (Wildman–Crippen LogP) is 4.54. The first-order chi connectivity index (χ1) is 10.2. The van der Waals surface area contributed by atoms with Crippen LogP contribution in [0.3, 0.4) is 0 Å². The van der Waals surface area contributed by atoms with Gasteiger partial charge in [-0.1, -0.05) is 48.5 Å². The number of amides is 1. The molecule has 3 rings (SSSR count). The summed E-state index contributed by atoms with van der Waals surface area (Å²) in [5, 5.41) is 4.75. The highest BCUT2D eigenvalue weighted by Gasteiger charge is 2.14. The van der Waals surface area contributed by atoms with Crippen molar-refractivity contribution >= 4 is 22.4 Å². The molecule has 0 saturated heterocycles. The smallest absolute Gasteiger partial charge is 0.258 e. The van der Waals surface area contributed by atoms with Gasteiger partial charge in [-0.05, 0) is 30.0 Å². The van der Waals surface area contributed by atoms with Crippen LogP contribution in [0.25, 0.3) is 10.8 Å². The molecule has 1 N–H and O–H groups in total. The van der Waals surface area contributed by atoms with Gasteiger partial charge in [0.25, 0.3) is 5.91 Å². The monoisotopic (exact) mass is 279 g/mol. The quantitative estimate of drug-likeness (QED) is 0.733. The van der Waals surface area contributed by atoms with E-state index in [1.165, 1.54) is 6.07 Å². The summed E-state index contributed by atoms with van der Waals surface area (Å²) in [7, 11) is 0. The second kappa shape index (κ2) is 5.37. The average molecular weight is 279 g/mol. The third-order valence-corrected chi connectivity index (χ3v) is 3.47. The third kappa shape index (κ3) is 2.50. The van der Waals surface area contributed by atoms with Crippen molar-refractivity contribution in [3.05, 3.63) is 77.6 Å². The maximum atomic E-state index is 14.0. The van der Waals surface area contributed by atoms with Crippen LogP contribution < -0.4 is 5.32 Å². The standard InChI is InChI=1S/C18H14FNO/c1-12-6-4-10-15(17(12)19)18(21)20-16-11-5-8-13-7-2-3-9-14(13)16/h2-11H,1H3,(H,20,21). The summed E-state index contributed by atoms with van der Waals surface area (Å²) in [6.45, 7) is 1.64. The summed E-state index contributed by atoms with van der Waals surface area (Å²) in [4.78, 5) is 12.3. The Balaban J connectivity index is 1.99. The largest absolute Gasteiger partial charge is 0.321 e. The van der Waals surface area contributed by atoms with Gasteiger partial charge in [-0.2, -0.15) is 0 Å². The number of benzene rings is 3. The Morgan fingerprint density at radius 3 is 2.52 bits per heavy atom. The number of rotatable bonds is 2. The number of hydrogen-bond donors (Lipinski definition) is 1. The van der Waals surface area contributed by atoms with Crippen LogP contribution in [0.5, 0.6) is 0 Å². The van der Waals surface area contributed by atoms with Gasteiger partial charge in [-0.3, -0.25) is 4.79 Å². The maximum Gasteiger partial charge on any atom is 0.258 e. The van der Waals surface area contributed by atoms with Crippen molar-refractivity contribution in [2.75, 3.05) is 5.32 Å². The van der Waals surface area contributed by atoms with Crippen molar-refractivity contribution in [1.82, 2.24) is 0 Å². The topological polar surface area (TPSA) is 29.1 Å². The number of anilines is 1. The lowest BCUT2D eigenvalue weighted by Gasteiger charge is -2.10. The zero-order valence-electron chi connectivity index (χ0n) is 11.6. The van der Waals surface area contributed by atoms with Gasteiger partial charge in [-0.15, -0.1) is 0 Å². The van der Waals surface area contributed by atoms with E-state index in [0.717, 1.165) is 10.8 Å². The first-order valence-electron chi connectivity index (χ1n) is 6.71. The Kier molecular flexibility index (Phi) is 3.40. The van der Waals surface area contributed by atoms with Gasteiger partial charge in [0.2, 0.25) is 0 Å². The Morgan fingerprint density at radius 2 is 1.67 bits per heavy atom. The van der Waals surface area contributed by atoms with Crippen LogP contribution in [0.4, 0.5) is 10.1 Å². The number of halogens is 1. The summed E-state index contributed by atoms with van der Waals surface area (Å²) in [6.07, 6.45) is 0. The van der Waals surface area contributed by atoms with E-state index in [9.17, 15) is 9.18 Å². The van der Waals surface area contributed by atoms with Crippen molar-refractivity contribution in [2.45, 2.75) is 6.92 Å². The van der Waals surface area contributed by atoms with Gasteiger partial charge in [0.1, 0.15) is 5.82 Å². The van der Waals surface area contributed by atoms with E-state index < -0.39 is 11.7 Å². The average Bonchev–Trinajstić information content (AvgIpc) is 2.50. The molecule has 0 aliphatic rings. The van der Waals surface area contributed by atoms with Gasteiger partial charge in [-0.25, -0.2) is 4.39 Å². The fourth-order valence-corrected chi connectivity index (χ4v) is 2.35. The number of aryl methyl sites for hydroxylation is 1. The van der Waals surface area contributed by atoms with Crippen LogP contribution >= 0.6 is 0 Å². The molecule has 21 heavy (non-hydrogen) atoms. The van der Waals surface area contributed by atoms with E-state index in [4.69, 9.17) is 0 Å². The zero-order chi connectivity index (χ0) is 14.8. The molecule has 3 heteroatoms. The molecule has 0 bridgehead atoms. The minimum atomic E-state index is -0.477. The molecule has 3 aromatic carbocycles. The van der Waals surface area contributed by atoms with Crippen molar-refractivity contribution in [3.63, 3.8) is 0 Å². The number of hydrogen-bond acceptors (Lipinski definition) is 1. The molecular weight excluding hydrogens is 265 g/mol. The molecular formula is C18H14FNO. The van der Waals surface area contributed by atoms with Gasteiger partial charge in [0.05, 0.1) is 5.56 Å². The molecule has 0 spiro atoms. The Hall–Kier alpha value is -2.68. The lowest BCUT2D eigenvalue weighted by molar-refractivity contribution is 0.102. The highest BCUT2D eigenvalue weighted by atomic mass is 19.1. The van der Waals surface area contributed by atoms with E-state index in [1.807, 2.05) is 42.5 Å². The minimum absolute atomic E-state index is 0.0583. The molecule has 0 saturated carbocycles. The number of carbonyl (C=O) groups excluding carboxylic acids is 1. The summed E-state index contributed by atoms with van der Waals surface area (Å²) < 4.78 is 14.0. The molecule has 104 valence electrons. The molecule has 0 atom stereocenters. The molecule has 2 nitrogen and oxygen atoms in total. The van der Waals surface area contributed by atoms with Gasteiger partial charge in [0.15, 0.2) is 0 Å². The summed E-state index contributed by atoms with van der Waals surface area (Å²) in [5.41, 5.74) is 1.20. The first-order valence-corrected chi connectivity index (χ1v) is 6.71. The number of nitrogens with one attached hydrogen (secondary N) is 1. The Bertz CT molecular complexity index is 821. The van der Waals surface area contributed by atoms with Crippen LogP contribution in [0, 0.1) is 12.7 Å². The lowest BCUT2D eigenvalue weighted by Crippen LogP contribution is -2.14. The van der Waals surface area contributed by atoms with Crippen LogP contribution in [0.1, 0.15) is 15.9 Å². The lowest BCUT2D eigenvalue weighted by atomic mass is 10.1. The van der Waals surface area contributed by atoms with E-state index in [2.05, 4.69) is 5.32 Å². The van der Waals surface area contributed by atoms with Crippen LogP contribution in [-0.4, -0.2) is 5.91 Å². The van der Waals surface area contributed by atoms with Crippen LogP contribution in [-0.2, 0) is 0 Å². The number of carbonyl (C=O) groups is 1. The second-order valence-corrected chi connectivity index (χ2v) is 4.92. The molecule has 3 aromatic rings. The molecule has 0 heterocycles. The SMILES string of the molecule is Cc1cccc(C(=O)Nc2cccc3ccccc23)c1F. The van der Waals surface area contributed by atoms with Crippen molar-refractivity contribution < 1.29 is 9.18 Å². The predicted molar refractivity (Wildman–Crippen MR) is 83.0 cm³/mol. The summed E-state index contributed by atoms with van der Waals surface area (Å²) >= 11 is 0. The Morgan fingerprint density at radius 1 is 0.952 bits per heavy atom. The molecule has 1 amide bonds. The zero-order valence-corrected chi connectivity index (χ0v) is 11.6. The fraction of sp³-hybridized carbons (Fsp3) is 0.0556. The van der Waals surface area contributed by atoms with Crippen LogP contribution in [0.15, 0.2) is 60.7 Å². The van der Waals surface area contributed by atoms with E-state index in [0.29, 0.717) is 11.3 Å². The minimum Gasteiger partial charge on any atom is -0.321 e. The maximum absolute atomic E-state index is 14.0. The van der Waals surface area contributed by atoms with E-state index in [1.54, 1.807) is 19.1 Å². The molecule has 0 aromatic heterocycles. The van der Waals surface area contributed by atoms with Gasteiger partial charge in [0, 0.05) is 11.1 Å². The summed E-state index contributed by atoms with van der Waals surface area (Å²) in [5.74, 6) is -0.914. The van der Waals surface area contributed by atoms with Gasteiger partial charge >= 0.3 is 0 Å². The first kappa shape index (κ1) is 13.3. The highest BCUT2D eigenvalue weighted by Crippen LogP contribution is 2.24. The summed E-state index contributed by atoms with van der Waals surface area (Å²) in [6, 6.07) is 18.2. The molecule has 0 radical (unpaired) electrons. The molecule has 0 unspecified atom stereocenters. The van der Waals surface area contributed by atoms with Crippen molar-refractivity contribution in [3.8, 4) is 0 Å². The van der Waals surface area contributed by atoms with Crippen molar-refractivity contribution in [2.24, 2.45) is 0 Å². The van der Waals surface area contributed by atoms with E-state index in [-0.39, 0.29) is 5.56 Å². The fourth-order valence-electron chi connectivity index (χ4n) is 2.35. The Labute approximate surface area is 122 Å². The molecule has 0 aliphatic carbocycles. The molecule has 0 aliphatic heterocycles. The number of fused-ring (bicyclic) bond motifs is 1. The normalized spacial score (nSPS) is 10.6. The third-order valence-electron chi connectivity index (χ3n) is 3.47. The highest BCUT2D eigenvalue weighted by molar-refractivity contribution is 6.09. The van der Waals surface area contributed by atoms with Crippen molar-refractivity contribution in [1.29, 1.82) is 0 Å². The van der Waals surface area contributed by atoms with E-state index >= 15 is 0 Å².